The monoisotopic (exact) mass is 316 g/mol. The number of rotatable bonds is 4. The van der Waals surface area contributed by atoms with Gasteiger partial charge in [0.05, 0.1) is 24.1 Å². The van der Waals surface area contributed by atoms with Crippen LogP contribution < -0.4 is 5.32 Å². The smallest absolute Gasteiger partial charge is 0.225 e. The molecule has 0 saturated carbocycles. The van der Waals surface area contributed by atoms with E-state index in [1.807, 2.05) is 13.0 Å². The fourth-order valence-electron chi connectivity index (χ4n) is 2.08. The molecular weight excluding hydrogens is 303 g/mol. The molecule has 2 aromatic rings. The molecule has 2 rings (SSSR count). The second-order valence-corrected chi connectivity index (χ2v) is 5.31. The van der Waals surface area contributed by atoms with Crippen LogP contribution in [0.25, 0.3) is 0 Å². The van der Waals surface area contributed by atoms with E-state index in [0.29, 0.717) is 5.56 Å². The van der Waals surface area contributed by atoms with Crippen LogP contribution in [0.2, 0.25) is 5.02 Å². The third-order valence-electron chi connectivity index (χ3n) is 3.32. The largest absolute Gasteiger partial charge is 0.349 e. The summed E-state index contributed by atoms with van der Waals surface area (Å²) in [5.41, 5.74) is 1.61. The molecule has 0 aliphatic carbocycles. The fraction of sp³-hybridized carbons (Fsp3) is 0.176. The highest BCUT2D eigenvalue weighted by molar-refractivity contribution is 6.31. The van der Waals surface area contributed by atoms with Crippen LogP contribution in [0.4, 0.5) is 4.39 Å². The summed E-state index contributed by atoms with van der Waals surface area (Å²) in [6, 6.07) is 13.0. The molecule has 0 heterocycles. The molecular formula is C17H14ClFN2O. The Morgan fingerprint density at radius 1 is 1.32 bits per heavy atom. The van der Waals surface area contributed by atoms with Crippen LogP contribution in [0.15, 0.2) is 42.5 Å². The van der Waals surface area contributed by atoms with E-state index >= 15 is 0 Å². The summed E-state index contributed by atoms with van der Waals surface area (Å²) in [5.74, 6) is -0.808. The molecule has 1 unspecified atom stereocenters. The van der Waals surface area contributed by atoms with Crippen molar-refractivity contribution < 1.29 is 9.18 Å². The Bertz CT molecular complexity index is 702. The molecule has 3 nitrogen and oxygen atoms in total. The molecule has 1 N–H and O–H groups in total. The number of carbonyl (C=O) groups is 1. The zero-order valence-electron chi connectivity index (χ0n) is 11.9. The van der Waals surface area contributed by atoms with Crippen molar-refractivity contribution in [1.82, 2.24) is 5.32 Å². The lowest BCUT2D eigenvalue weighted by atomic mass is 10.1. The topological polar surface area (TPSA) is 52.9 Å². The zero-order chi connectivity index (χ0) is 16.1. The van der Waals surface area contributed by atoms with Crippen LogP contribution in [0, 0.1) is 17.1 Å². The Hall–Kier alpha value is -2.38. The number of hydrogen-bond donors (Lipinski definition) is 1. The van der Waals surface area contributed by atoms with Gasteiger partial charge in [0.1, 0.15) is 5.82 Å². The highest BCUT2D eigenvalue weighted by Gasteiger charge is 2.14. The first-order valence-corrected chi connectivity index (χ1v) is 7.11. The quantitative estimate of drug-likeness (QED) is 0.933. The van der Waals surface area contributed by atoms with Gasteiger partial charge in [0, 0.05) is 10.6 Å². The van der Waals surface area contributed by atoms with Crippen molar-refractivity contribution in [2.45, 2.75) is 19.4 Å². The number of halogens is 2. The summed E-state index contributed by atoms with van der Waals surface area (Å²) >= 11 is 5.91. The van der Waals surface area contributed by atoms with Gasteiger partial charge in [-0.3, -0.25) is 4.79 Å². The number of nitriles is 1. The number of amides is 1. The van der Waals surface area contributed by atoms with Gasteiger partial charge >= 0.3 is 0 Å². The Morgan fingerprint density at radius 2 is 2.00 bits per heavy atom. The van der Waals surface area contributed by atoms with Crippen LogP contribution in [0.5, 0.6) is 0 Å². The maximum atomic E-state index is 13.7. The van der Waals surface area contributed by atoms with Crippen LogP contribution in [-0.2, 0) is 11.2 Å². The molecule has 0 bridgehead atoms. The van der Waals surface area contributed by atoms with Crippen molar-refractivity contribution in [3.8, 4) is 6.07 Å². The first-order chi connectivity index (χ1) is 10.5. The first-order valence-electron chi connectivity index (χ1n) is 6.73. The lowest BCUT2D eigenvalue weighted by molar-refractivity contribution is -0.121. The number of hydrogen-bond acceptors (Lipinski definition) is 2. The molecule has 112 valence electrons. The van der Waals surface area contributed by atoms with E-state index in [-0.39, 0.29) is 29.0 Å². The zero-order valence-corrected chi connectivity index (χ0v) is 12.7. The number of nitrogens with one attached hydrogen (secondary N) is 1. The van der Waals surface area contributed by atoms with Gasteiger partial charge in [-0.2, -0.15) is 5.26 Å². The highest BCUT2D eigenvalue weighted by Crippen LogP contribution is 2.20. The highest BCUT2D eigenvalue weighted by atomic mass is 35.5. The van der Waals surface area contributed by atoms with Crippen molar-refractivity contribution in [1.29, 1.82) is 5.26 Å². The molecule has 0 aliphatic heterocycles. The number of nitrogens with zero attached hydrogens (tertiary/aromatic N) is 1. The van der Waals surface area contributed by atoms with Gasteiger partial charge in [-0.05, 0) is 36.8 Å². The molecule has 0 aliphatic rings. The average molecular weight is 317 g/mol. The predicted molar refractivity (Wildman–Crippen MR) is 82.8 cm³/mol. The van der Waals surface area contributed by atoms with Crippen LogP contribution in [0.1, 0.15) is 29.7 Å². The lowest BCUT2D eigenvalue weighted by Crippen LogP contribution is -2.28. The second-order valence-electron chi connectivity index (χ2n) is 4.90. The summed E-state index contributed by atoms with van der Waals surface area (Å²) in [4.78, 5) is 12.0. The van der Waals surface area contributed by atoms with E-state index in [1.54, 1.807) is 30.3 Å². The minimum absolute atomic E-state index is 0.119. The third kappa shape index (κ3) is 3.84. The molecule has 0 spiro atoms. The van der Waals surface area contributed by atoms with Gasteiger partial charge in [0.15, 0.2) is 0 Å². The van der Waals surface area contributed by atoms with Crippen LogP contribution in [-0.4, -0.2) is 5.91 Å². The summed E-state index contributed by atoms with van der Waals surface area (Å²) in [6.07, 6.45) is -0.119. The molecule has 2 aromatic carbocycles. The van der Waals surface area contributed by atoms with Gasteiger partial charge in [0.25, 0.3) is 0 Å². The summed E-state index contributed by atoms with van der Waals surface area (Å²) < 4.78 is 13.7. The van der Waals surface area contributed by atoms with E-state index in [1.165, 1.54) is 12.1 Å². The van der Waals surface area contributed by atoms with Gasteiger partial charge in [-0.15, -0.1) is 0 Å². The summed E-state index contributed by atoms with van der Waals surface area (Å²) in [6.45, 7) is 1.82. The Kier molecular flexibility index (Phi) is 5.13. The number of benzene rings is 2. The van der Waals surface area contributed by atoms with E-state index in [0.717, 1.165) is 5.56 Å². The van der Waals surface area contributed by atoms with Crippen molar-refractivity contribution in [2.24, 2.45) is 0 Å². The average Bonchev–Trinajstić information content (AvgIpc) is 2.51. The van der Waals surface area contributed by atoms with Crippen molar-refractivity contribution in [3.05, 3.63) is 70.0 Å². The Labute approximate surface area is 133 Å². The van der Waals surface area contributed by atoms with Gasteiger partial charge < -0.3 is 5.32 Å². The van der Waals surface area contributed by atoms with E-state index in [9.17, 15) is 9.18 Å². The van der Waals surface area contributed by atoms with E-state index < -0.39 is 5.82 Å². The van der Waals surface area contributed by atoms with Gasteiger partial charge in [-0.25, -0.2) is 4.39 Å². The van der Waals surface area contributed by atoms with Gasteiger partial charge in [0.2, 0.25) is 5.91 Å². The molecule has 1 atom stereocenters. The molecule has 1 amide bonds. The Morgan fingerprint density at radius 3 is 2.59 bits per heavy atom. The SMILES string of the molecule is CC(NC(=O)Cc1c(F)cccc1Cl)c1ccc(C#N)cc1. The molecule has 0 fully saturated rings. The summed E-state index contributed by atoms with van der Waals surface area (Å²) in [5, 5.41) is 11.8. The standard InChI is InChI=1S/C17H14ClFN2O/c1-11(13-7-5-12(10-20)6-8-13)21-17(22)9-14-15(18)3-2-4-16(14)19/h2-8,11H,9H2,1H3,(H,21,22). The minimum Gasteiger partial charge on any atom is -0.349 e. The molecule has 5 heteroatoms. The molecule has 0 aromatic heterocycles. The predicted octanol–water partition coefficient (Wildman–Crippen LogP) is 3.77. The molecule has 22 heavy (non-hydrogen) atoms. The van der Waals surface area contributed by atoms with Crippen molar-refractivity contribution in [3.63, 3.8) is 0 Å². The third-order valence-corrected chi connectivity index (χ3v) is 3.67. The Balaban J connectivity index is 2.03. The second kappa shape index (κ2) is 7.06. The fourth-order valence-corrected chi connectivity index (χ4v) is 2.31. The summed E-state index contributed by atoms with van der Waals surface area (Å²) in [7, 11) is 0. The normalized spacial score (nSPS) is 11.5. The van der Waals surface area contributed by atoms with E-state index in [2.05, 4.69) is 5.32 Å². The van der Waals surface area contributed by atoms with Gasteiger partial charge in [-0.1, -0.05) is 29.8 Å². The van der Waals surface area contributed by atoms with Crippen molar-refractivity contribution >= 4 is 17.5 Å². The van der Waals surface area contributed by atoms with Crippen LogP contribution >= 0.6 is 11.6 Å². The van der Waals surface area contributed by atoms with Crippen molar-refractivity contribution in [2.75, 3.05) is 0 Å². The number of carbonyl (C=O) groups excluding carboxylic acids is 1. The van der Waals surface area contributed by atoms with E-state index in [4.69, 9.17) is 16.9 Å². The van der Waals surface area contributed by atoms with Crippen LogP contribution in [0.3, 0.4) is 0 Å². The molecule has 0 radical (unpaired) electrons. The maximum absolute atomic E-state index is 13.7. The lowest BCUT2D eigenvalue weighted by Gasteiger charge is -2.15. The first kappa shape index (κ1) is 16.0. The maximum Gasteiger partial charge on any atom is 0.225 e. The molecule has 0 saturated heterocycles. The minimum atomic E-state index is -0.492.